The molecule has 19 heavy (non-hydrogen) atoms. The minimum atomic E-state index is -0.516. The molecule has 1 aromatic carbocycles. The summed E-state index contributed by atoms with van der Waals surface area (Å²) in [5.41, 5.74) is 8.07. The average Bonchev–Trinajstić information content (AvgIpc) is 2.31. The highest BCUT2D eigenvalue weighted by Gasteiger charge is 2.32. The number of aliphatic hydroxyl groups is 1. The molecule has 1 saturated carbocycles. The van der Waals surface area contributed by atoms with Gasteiger partial charge in [-0.2, -0.15) is 0 Å². The topological polar surface area (TPSA) is 78.5 Å². The van der Waals surface area contributed by atoms with Crippen LogP contribution in [-0.4, -0.2) is 22.3 Å². The zero-order valence-electron chi connectivity index (χ0n) is 10.8. The van der Waals surface area contributed by atoms with Crippen LogP contribution in [0.1, 0.15) is 42.9 Å². The normalized spacial score (nSPS) is 26.2. The molecule has 2 atom stereocenters. The SMILES string of the molecule is Cl.Nc1c(O)ccc2c1CC[C@@H](NC1CCC1)[C@@H]2O. The number of anilines is 1. The van der Waals surface area contributed by atoms with Gasteiger partial charge in [0.15, 0.2) is 0 Å². The fourth-order valence-corrected chi connectivity index (χ4v) is 2.95. The quantitative estimate of drug-likeness (QED) is 0.494. The molecular weight excluding hydrogens is 264 g/mol. The van der Waals surface area contributed by atoms with Gasteiger partial charge in [-0.05, 0) is 42.9 Å². The van der Waals surface area contributed by atoms with Crippen molar-refractivity contribution in [3.05, 3.63) is 23.3 Å². The molecular formula is C14H21ClN2O2. The molecule has 0 amide bonds. The molecule has 0 radical (unpaired) electrons. The van der Waals surface area contributed by atoms with E-state index in [0.29, 0.717) is 11.7 Å². The van der Waals surface area contributed by atoms with Gasteiger partial charge < -0.3 is 21.3 Å². The summed E-state index contributed by atoms with van der Waals surface area (Å²) in [5.74, 6) is 0.117. The second-order valence-electron chi connectivity index (χ2n) is 5.45. The maximum Gasteiger partial charge on any atom is 0.138 e. The van der Waals surface area contributed by atoms with Gasteiger partial charge in [0.2, 0.25) is 0 Å². The summed E-state index contributed by atoms with van der Waals surface area (Å²) in [5, 5.41) is 23.5. The number of rotatable bonds is 2. The molecule has 106 valence electrons. The molecule has 0 aliphatic heterocycles. The molecule has 0 spiro atoms. The van der Waals surface area contributed by atoms with E-state index >= 15 is 0 Å². The van der Waals surface area contributed by atoms with Gasteiger partial charge in [-0.25, -0.2) is 0 Å². The predicted molar refractivity (Wildman–Crippen MR) is 77.6 cm³/mol. The van der Waals surface area contributed by atoms with Crippen LogP contribution in [0.4, 0.5) is 5.69 Å². The molecule has 1 fully saturated rings. The number of aromatic hydroxyl groups is 1. The van der Waals surface area contributed by atoms with E-state index in [2.05, 4.69) is 5.32 Å². The lowest BCUT2D eigenvalue weighted by Gasteiger charge is -2.37. The number of hydrogen-bond acceptors (Lipinski definition) is 4. The highest BCUT2D eigenvalue weighted by atomic mass is 35.5. The fourth-order valence-electron chi connectivity index (χ4n) is 2.95. The molecule has 0 bridgehead atoms. The fraction of sp³-hybridized carbons (Fsp3) is 0.571. The van der Waals surface area contributed by atoms with Crippen LogP contribution in [0, 0.1) is 0 Å². The minimum absolute atomic E-state index is 0. The van der Waals surface area contributed by atoms with Crippen molar-refractivity contribution in [3.63, 3.8) is 0 Å². The van der Waals surface area contributed by atoms with E-state index in [1.165, 1.54) is 19.3 Å². The zero-order chi connectivity index (χ0) is 12.7. The van der Waals surface area contributed by atoms with Gasteiger partial charge in [0.1, 0.15) is 5.75 Å². The number of nitrogen functional groups attached to an aromatic ring is 1. The maximum atomic E-state index is 10.4. The van der Waals surface area contributed by atoms with Crippen LogP contribution in [-0.2, 0) is 6.42 Å². The van der Waals surface area contributed by atoms with E-state index < -0.39 is 6.10 Å². The lowest BCUT2D eigenvalue weighted by atomic mass is 9.83. The summed E-state index contributed by atoms with van der Waals surface area (Å²) >= 11 is 0. The summed E-state index contributed by atoms with van der Waals surface area (Å²) in [6, 6.07) is 4.05. The number of benzene rings is 1. The van der Waals surface area contributed by atoms with Crippen LogP contribution >= 0.6 is 12.4 Å². The number of halogens is 1. The molecule has 4 nitrogen and oxygen atoms in total. The first kappa shape index (κ1) is 14.4. The third kappa shape index (κ3) is 2.53. The molecule has 0 saturated heterocycles. The van der Waals surface area contributed by atoms with Crippen LogP contribution in [0.5, 0.6) is 5.75 Å². The first-order chi connectivity index (χ1) is 8.66. The number of phenolic OH excluding ortho intramolecular Hbond substituents is 1. The van der Waals surface area contributed by atoms with E-state index in [-0.39, 0.29) is 24.2 Å². The van der Waals surface area contributed by atoms with Crippen LogP contribution in [0.25, 0.3) is 0 Å². The summed E-state index contributed by atoms with van der Waals surface area (Å²) in [7, 11) is 0. The Morgan fingerprint density at radius 2 is 1.95 bits per heavy atom. The van der Waals surface area contributed by atoms with E-state index in [1.807, 2.05) is 0 Å². The second kappa shape index (κ2) is 5.57. The molecule has 1 aromatic rings. The number of hydrogen-bond donors (Lipinski definition) is 4. The van der Waals surface area contributed by atoms with E-state index in [0.717, 1.165) is 24.0 Å². The third-order valence-corrected chi connectivity index (χ3v) is 4.33. The van der Waals surface area contributed by atoms with Gasteiger partial charge >= 0.3 is 0 Å². The van der Waals surface area contributed by atoms with Gasteiger partial charge in [0, 0.05) is 12.1 Å². The Morgan fingerprint density at radius 3 is 2.58 bits per heavy atom. The van der Waals surface area contributed by atoms with Crippen molar-refractivity contribution in [3.8, 4) is 5.75 Å². The van der Waals surface area contributed by atoms with Crippen LogP contribution in [0.3, 0.4) is 0 Å². The maximum absolute atomic E-state index is 10.4. The average molecular weight is 285 g/mol. The van der Waals surface area contributed by atoms with Crippen LogP contribution in [0.15, 0.2) is 12.1 Å². The Morgan fingerprint density at radius 1 is 1.21 bits per heavy atom. The number of nitrogens with one attached hydrogen (secondary N) is 1. The Labute approximate surface area is 119 Å². The molecule has 5 heteroatoms. The minimum Gasteiger partial charge on any atom is -0.506 e. The van der Waals surface area contributed by atoms with Crippen molar-refractivity contribution in [2.24, 2.45) is 0 Å². The van der Waals surface area contributed by atoms with Crippen LogP contribution in [0.2, 0.25) is 0 Å². The summed E-state index contributed by atoms with van der Waals surface area (Å²) in [6.45, 7) is 0. The molecule has 0 heterocycles. The van der Waals surface area contributed by atoms with Crippen molar-refractivity contribution in [1.29, 1.82) is 0 Å². The number of fused-ring (bicyclic) bond motifs is 1. The highest BCUT2D eigenvalue weighted by molar-refractivity contribution is 5.85. The van der Waals surface area contributed by atoms with Crippen molar-refractivity contribution >= 4 is 18.1 Å². The lowest BCUT2D eigenvalue weighted by molar-refractivity contribution is 0.0993. The van der Waals surface area contributed by atoms with Gasteiger partial charge in [0.05, 0.1) is 11.8 Å². The highest BCUT2D eigenvalue weighted by Crippen LogP contribution is 2.38. The van der Waals surface area contributed by atoms with E-state index in [9.17, 15) is 10.2 Å². The monoisotopic (exact) mass is 284 g/mol. The van der Waals surface area contributed by atoms with Crippen molar-refractivity contribution in [2.45, 2.75) is 50.3 Å². The van der Waals surface area contributed by atoms with E-state index in [4.69, 9.17) is 5.73 Å². The number of aliphatic hydroxyl groups excluding tert-OH is 1. The second-order valence-corrected chi connectivity index (χ2v) is 5.45. The Balaban J connectivity index is 0.00000133. The third-order valence-electron chi connectivity index (χ3n) is 4.33. The molecule has 5 N–H and O–H groups in total. The first-order valence-electron chi connectivity index (χ1n) is 6.71. The van der Waals surface area contributed by atoms with Gasteiger partial charge in [0.25, 0.3) is 0 Å². The smallest absolute Gasteiger partial charge is 0.138 e. The number of nitrogens with two attached hydrogens (primary N) is 1. The standard InChI is InChI=1S/C14H20N2O2.ClH/c15-13-9-4-6-11(16-8-2-1-3-8)14(18)10(9)5-7-12(13)17;/h5,7-8,11,14,16-18H,1-4,6,15H2;1H/t11-,14-;/m1./s1. The zero-order valence-corrected chi connectivity index (χ0v) is 11.6. The summed E-state index contributed by atoms with van der Waals surface area (Å²) < 4.78 is 0. The predicted octanol–water partition coefficient (Wildman–Crippen LogP) is 1.89. The molecule has 3 rings (SSSR count). The molecule has 2 aliphatic rings. The number of phenols is 1. The van der Waals surface area contributed by atoms with E-state index in [1.54, 1.807) is 12.1 Å². The summed E-state index contributed by atoms with van der Waals surface area (Å²) in [6.07, 6.45) is 4.90. The van der Waals surface area contributed by atoms with Crippen molar-refractivity contribution in [1.82, 2.24) is 5.32 Å². The Kier molecular flexibility index (Phi) is 4.23. The van der Waals surface area contributed by atoms with Gasteiger partial charge in [-0.15, -0.1) is 12.4 Å². The Hall–Kier alpha value is -0.970. The van der Waals surface area contributed by atoms with Crippen LogP contribution < -0.4 is 11.1 Å². The van der Waals surface area contributed by atoms with Gasteiger partial charge in [-0.1, -0.05) is 12.5 Å². The first-order valence-corrected chi connectivity index (χ1v) is 6.71. The van der Waals surface area contributed by atoms with Crippen molar-refractivity contribution in [2.75, 3.05) is 5.73 Å². The molecule has 0 aromatic heterocycles. The Bertz CT molecular complexity index is 463. The van der Waals surface area contributed by atoms with Gasteiger partial charge in [-0.3, -0.25) is 0 Å². The largest absolute Gasteiger partial charge is 0.506 e. The molecule has 0 unspecified atom stereocenters. The summed E-state index contributed by atoms with van der Waals surface area (Å²) in [4.78, 5) is 0. The lowest BCUT2D eigenvalue weighted by Crippen LogP contribution is -2.47. The molecule has 2 aliphatic carbocycles. The van der Waals surface area contributed by atoms with Crippen molar-refractivity contribution < 1.29 is 10.2 Å².